The molecule has 1 amide bonds. The molecule has 0 spiro atoms. The summed E-state index contributed by atoms with van der Waals surface area (Å²) in [4.78, 5) is 24.2. The molecule has 0 saturated carbocycles. The third-order valence-electron chi connectivity index (χ3n) is 3.84. The number of carbonyl (C=O) groups excluding carboxylic acids is 2. The van der Waals surface area contributed by atoms with E-state index in [1.165, 1.54) is 17.1 Å². The molecule has 1 N–H and O–H groups in total. The van der Waals surface area contributed by atoms with Crippen molar-refractivity contribution in [2.45, 2.75) is 13.3 Å². The number of carbonyl (C=O) groups is 2. The third-order valence-corrected chi connectivity index (χ3v) is 3.84. The van der Waals surface area contributed by atoms with Gasteiger partial charge in [0.25, 0.3) is 5.91 Å². The first-order chi connectivity index (χ1) is 11.2. The number of amides is 1. The molecule has 1 heterocycles. The molecule has 0 unspecified atom stereocenters. The zero-order chi connectivity index (χ0) is 16.2. The Balaban J connectivity index is 1.77. The van der Waals surface area contributed by atoms with Crippen LogP contribution in [0.5, 0.6) is 0 Å². The molecule has 2 aromatic carbocycles. The molecule has 0 fully saturated rings. The summed E-state index contributed by atoms with van der Waals surface area (Å²) in [6, 6.07) is 17.4. The van der Waals surface area contributed by atoms with Crippen molar-refractivity contribution in [1.82, 2.24) is 9.88 Å². The van der Waals surface area contributed by atoms with Crippen LogP contribution < -0.4 is 5.32 Å². The van der Waals surface area contributed by atoms with Crippen molar-refractivity contribution in [3.8, 4) is 0 Å². The molecule has 3 aromatic rings. The van der Waals surface area contributed by atoms with Crippen molar-refractivity contribution < 1.29 is 9.59 Å². The predicted octanol–water partition coefficient (Wildman–Crippen LogP) is 3.27. The van der Waals surface area contributed by atoms with Gasteiger partial charge in [0.1, 0.15) is 0 Å². The van der Waals surface area contributed by atoms with Crippen LogP contribution in [0.1, 0.15) is 27.6 Å². The standard InChI is InChI=1S/C19H18N2O2/c1-14(22)21-13-17(16-9-5-6-10-18(16)21)19(23)20-12-11-15-7-3-2-4-8-15/h2-10,13H,11-12H2,1H3,(H,20,23). The van der Waals surface area contributed by atoms with Gasteiger partial charge in [-0.05, 0) is 18.1 Å². The van der Waals surface area contributed by atoms with E-state index in [9.17, 15) is 9.59 Å². The second-order valence-corrected chi connectivity index (χ2v) is 5.44. The fourth-order valence-electron chi connectivity index (χ4n) is 2.68. The Kier molecular flexibility index (Phi) is 4.24. The molecular formula is C19H18N2O2. The van der Waals surface area contributed by atoms with Crippen LogP contribution in [-0.2, 0) is 6.42 Å². The maximum atomic E-state index is 12.4. The summed E-state index contributed by atoms with van der Waals surface area (Å²) in [6.07, 6.45) is 2.39. The minimum atomic E-state index is -0.155. The van der Waals surface area contributed by atoms with E-state index in [1.54, 1.807) is 6.20 Å². The number of hydrogen-bond donors (Lipinski definition) is 1. The summed E-state index contributed by atoms with van der Waals surface area (Å²) in [6.45, 7) is 2.05. The van der Waals surface area contributed by atoms with Crippen LogP contribution in [-0.4, -0.2) is 22.9 Å². The van der Waals surface area contributed by atoms with E-state index >= 15 is 0 Å². The highest BCUT2D eigenvalue weighted by Crippen LogP contribution is 2.21. The smallest absolute Gasteiger partial charge is 0.253 e. The average molecular weight is 306 g/mol. The van der Waals surface area contributed by atoms with Crippen LogP contribution in [0, 0.1) is 0 Å². The molecule has 0 radical (unpaired) electrons. The molecule has 1 aromatic heterocycles. The highest BCUT2D eigenvalue weighted by atomic mass is 16.2. The van der Waals surface area contributed by atoms with Crippen LogP contribution in [0.3, 0.4) is 0 Å². The van der Waals surface area contributed by atoms with Gasteiger partial charge in [-0.25, -0.2) is 0 Å². The van der Waals surface area contributed by atoms with E-state index in [0.29, 0.717) is 12.1 Å². The largest absolute Gasteiger partial charge is 0.352 e. The van der Waals surface area contributed by atoms with Crippen molar-refractivity contribution in [3.05, 3.63) is 71.9 Å². The number of para-hydroxylation sites is 1. The van der Waals surface area contributed by atoms with Gasteiger partial charge in [0.15, 0.2) is 0 Å². The lowest BCUT2D eigenvalue weighted by Gasteiger charge is -2.04. The summed E-state index contributed by atoms with van der Waals surface area (Å²) in [5.41, 5.74) is 2.47. The fraction of sp³-hybridized carbons (Fsp3) is 0.158. The molecule has 23 heavy (non-hydrogen) atoms. The Morgan fingerprint density at radius 3 is 2.43 bits per heavy atom. The molecule has 116 valence electrons. The first kappa shape index (κ1) is 15.0. The highest BCUT2D eigenvalue weighted by Gasteiger charge is 2.15. The monoisotopic (exact) mass is 306 g/mol. The molecule has 0 bridgehead atoms. The lowest BCUT2D eigenvalue weighted by Crippen LogP contribution is -2.25. The summed E-state index contributed by atoms with van der Waals surface area (Å²) in [7, 11) is 0. The molecule has 0 aliphatic carbocycles. The third kappa shape index (κ3) is 3.16. The van der Waals surface area contributed by atoms with Crippen molar-refractivity contribution in [2.24, 2.45) is 0 Å². The van der Waals surface area contributed by atoms with Gasteiger partial charge in [-0.15, -0.1) is 0 Å². The van der Waals surface area contributed by atoms with Gasteiger partial charge in [-0.3, -0.25) is 14.2 Å². The zero-order valence-corrected chi connectivity index (χ0v) is 13.0. The second-order valence-electron chi connectivity index (χ2n) is 5.44. The minimum absolute atomic E-state index is 0.107. The van der Waals surface area contributed by atoms with Crippen LogP contribution >= 0.6 is 0 Å². The van der Waals surface area contributed by atoms with Crippen LogP contribution in [0.25, 0.3) is 10.9 Å². The number of benzene rings is 2. The van der Waals surface area contributed by atoms with Crippen molar-refractivity contribution in [3.63, 3.8) is 0 Å². The summed E-state index contributed by atoms with van der Waals surface area (Å²) < 4.78 is 1.52. The number of aromatic nitrogens is 1. The van der Waals surface area contributed by atoms with E-state index in [0.717, 1.165) is 17.3 Å². The van der Waals surface area contributed by atoms with Gasteiger partial charge in [-0.1, -0.05) is 48.5 Å². The molecule has 0 atom stereocenters. The molecule has 4 heteroatoms. The molecule has 0 aliphatic heterocycles. The highest BCUT2D eigenvalue weighted by molar-refractivity contribution is 6.09. The van der Waals surface area contributed by atoms with Crippen molar-refractivity contribution in [2.75, 3.05) is 6.54 Å². The fourth-order valence-corrected chi connectivity index (χ4v) is 2.68. The van der Waals surface area contributed by atoms with Gasteiger partial charge < -0.3 is 5.32 Å². The zero-order valence-electron chi connectivity index (χ0n) is 13.0. The van der Waals surface area contributed by atoms with E-state index in [2.05, 4.69) is 5.32 Å². The first-order valence-electron chi connectivity index (χ1n) is 7.60. The van der Waals surface area contributed by atoms with Crippen molar-refractivity contribution in [1.29, 1.82) is 0 Å². The topological polar surface area (TPSA) is 51.1 Å². The molecule has 0 saturated heterocycles. The van der Waals surface area contributed by atoms with Crippen LogP contribution in [0.2, 0.25) is 0 Å². The minimum Gasteiger partial charge on any atom is -0.352 e. The number of rotatable bonds is 4. The SMILES string of the molecule is CC(=O)n1cc(C(=O)NCCc2ccccc2)c2ccccc21. The van der Waals surface area contributed by atoms with Gasteiger partial charge in [-0.2, -0.15) is 0 Å². The van der Waals surface area contributed by atoms with E-state index in [4.69, 9.17) is 0 Å². The lowest BCUT2D eigenvalue weighted by molar-refractivity contribution is 0.0941. The second kappa shape index (κ2) is 6.48. The lowest BCUT2D eigenvalue weighted by atomic mass is 10.1. The summed E-state index contributed by atoms with van der Waals surface area (Å²) >= 11 is 0. The Hall–Kier alpha value is -2.88. The number of nitrogens with zero attached hydrogens (tertiary/aromatic N) is 1. The maximum absolute atomic E-state index is 12.4. The van der Waals surface area contributed by atoms with E-state index in [1.807, 2.05) is 54.6 Å². The normalized spacial score (nSPS) is 10.7. The van der Waals surface area contributed by atoms with Crippen LogP contribution in [0.4, 0.5) is 0 Å². The number of hydrogen-bond acceptors (Lipinski definition) is 2. The Morgan fingerprint density at radius 2 is 1.70 bits per heavy atom. The Morgan fingerprint density at radius 1 is 1.00 bits per heavy atom. The molecule has 4 nitrogen and oxygen atoms in total. The summed E-state index contributed by atoms with van der Waals surface area (Å²) in [5, 5.41) is 3.72. The van der Waals surface area contributed by atoms with Gasteiger partial charge in [0.2, 0.25) is 5.91 Å². The number of fused-ring (bicyclic) bond motifs is 1. The molecule has 3 rings (SSSR count). The van der Waals surface area contributed by atoms with Crippen molar-refractivity contribution >= 4 is 22.7 Å². The van der Waals surface area contributed by atoms with E-state index in [-0.39, 0.29) is 11.8 Å². The Labute approximate surface area is 134 Å². The van der Waals surface area contributed by atoms with Gasteiger partial charge in [0.05, 0.1) is 11.1 Å². The first-order valence-corrected chi connectivity index (χ1v) is 7.60. The molecular weight excluding hydrogens is 288 g/mol. The quantitative estimate of drug-likeness (QED) is 0.804. The van der Waals surface area contributed by atoms with E-state index < -0.39 is 0 Å². The number of nitrogens with one attached hydrogen (secondary N) is 1. The Bertz CT molecular complexity index is 850. The van der Waals surface area contributed by atoms with Crippen LogP contribution in [0.15, 0.2) is 60.8 Å². The molecule has 0 aliphatic rings. The van der Waals surface area contributed by atoms with Gasteiger partial charge in [0, 0.05) is 25.1 Å². The van der Waals surface area contributed by atoms with Gasteiger partial charge >= 0.3 is 0 Å². The predicted molar refractivity (Wildman–Crippen MR) is 90.7 cm³/mol. The summed E-state index contributed by atoms with van der Waals surface area (Å²) in [5.74, 6) is -0.262. The average Bonchev–Trinajstić information content (AvgIpc) is 2.96. The maximum Gasteiger partial charge on any atom is 0.253 e.